The van der Waals surface area contributed by atoms with Crippen molar-refractivity contribution in [2.24, 2.45) is 0 Å². The minimum atomic E-state index is 0.183. The van der Waals surface area contributed by atoms with Crippen LogP contribution in [0, 0.1) is 5.41 Å². The molecular weight excluding hydrogens is 478 g/mol. The largest absolute Gasteiger partial charge is 0.454 e. The lowest BCUT2D eigenvalue weighted by Gasteiger charge is -2.17. The molecule has 0 aliphatic carbocycles. The molecule has 158 valence electrons. The van der Waals surface area contributed by atoms with Crippen molar-refractivity contribution in [1.29, 1.82) is 5.41 Å². The Bertz CT molecular complexity index is 1300. The van der Waals surface area contributed by atoms with Gasteiger partial charge >= 0.3 is 0 Å². The lowest BCUT2D eigenvalue weighted by Crippen LogP contribution is -2.16. The first-order chi connectivity index (χ1) is 15.1. The van der Waals surface area contributed by atoms with Crippen molar-refractivity contribution < 1.29 is 9.47 Å². The number of H-pyrrole nitrogens is 1. The number of benzene rings is 2. The molecular formula is C22H20BrN5O2S. The monoisotopic (exact) mass is 497 g/mol. The summed E-state index contributed by atoms with van der Waals surface area (Å²) in [5.74, 6) is 1.78. The molecule has 0 saturated heterocycles. The van der Waals surface area contributed by atoms with Crippen LogP contribution in [0.3, 0.4) is 0 Å². The van der Waals surface area contributed by atoms with Crippen molar-refractivity contribution >= 4 is 38.9 Å². The maximum atomic E-state index is 8.24. The van der Waals surface area contributed by atoms with Gasteiger partial charge in [0.2, 0.25) is 6.79 Å². The van der Waals surface area contributed by atoms with Crippen LogP contribution < -0.4 is 15.0 Å². The number of rotatable bonds is 6. The number of hydrogen-bond donors (Lipinski definition) is 2. The number of hydrogen-bond acceptors (Lipinski definition) is 6. The second-order valence-electron chi connectivity index (χ2n) is 7.24. The standard InChI is InChI=1S/C22H20BrN5O2S/c1-2-13(14-6-4-3-5-7-14)10-28-11-25-20(24)19-21(28)27-22(26-19)31-18-9-17-16(8-15(18)23)29-12-30-17/h3-9,11,13,24H,2,10,12H2,1H3,(H,26,27). The molecule has 1 unspecified atom stereocenters. The summed E-state index contributed by atoms with van der Waals surface area (Å²) >= 11 is 5.07. The van der Waals surface area contributed by atoms with E-state index in [1.807, 2.05) is 22.8 Å². The molecule has 0 fully saturated rings. The van der Waals surface area contributed by atoms with Crippen LogP contribution in [0.2, 0.25) is 0 Å². The Hall–Kier alpha value is -2.78. The second-order valence-corrected chi connectivity index (χ2v) is 9.12. The van der Waals surface area contributed by atoms with Crippen molar-refractivity contribution in [3.8, 4) is 11.5 Å². The Balaban J connectivity index is 1.49. The number of fused-ring (bicyclic) bond motifs is 2. The summed E-state index contributed by atoms with van der Waals surface area (Å²) in [5, 5.41) is 8.93. The zero-order chi connectivity index (χ0) is 21.4. The molecule has 0 bridgehead atoms. The highest BCUT2D eigenvalue weighted by molar-refractivity contribution is 9.10. The third-order valence-electron chi connectivity index (χ3n) is 5.31. The normalized spacial score (nSPS) is 13.6. The molecule has 1 aliphatic rings. The van der Waals surface area contributed by atoms with Crippen LogP contribution in [0.4, 0.5) is 0 Å². The van der Waals surface area contributed by atoms with Gasteiger partial charge in [0.15, 0.2) is 27.8 Å². The SMILES string of the molecule is CCC(Cn1cnc(=N)c2[nH]c(Sc3cc4c(cc3Br)OCO4)nc21)c1ccccc1. The summed E-state index contributed by atoms with van der Waals surface area (Å²) in [7, 11) is 0. The lowest BCUT2D eigenvalue weighted by atomic mass is 9.96. The number of aromatic nitrogens is 4. The average Bonchev–Trinajstić information content (AvgIpc) is 3.41. The summed E-state index contributed by atoms with van der Waals surface area (Å²) in [4.78, 5) is 13.3. The van der Waals surface area contributed by atoms with Gasteiger partial charge in [-0.1, -0.05) is 49.0 Å². The van der Waals surface area contributed by atoms with Crippen LogP contribution in [-0.2, 0) is 6.54 Å². The van der Waals surface area contributed by atoms with Gasteiger partial charge in [0.05, 0.1) is 6.33 Å². The van der Waals surface area contributed by atoms with E-state index in [4.69, 9.17) is 19.9 Å². The van der Waals surface area contributed by atoms with E-state index < -0.39 is 0 Å². The molecule has 2 aromatic carbocycles. The third kappa shape index (κ3) is 3.95. The van der Waals surface area contributed by atoms with E-state index in [9.17, 15) is 0 Å². The molecule has 1 aliphatic heterocycles. The molecule has 0 saturated carbocycles. The van der Waals surface area contributed by atoms with Gasteiger partial charge in [0.25, 0.3) is 0 Å². The molecule has 9 heteroatoms. The Kier molecular flexibility index (Phi) is 5.45. The number of nitrogens with zero attached hydrogens (tertiary/aromatic N) is 3. The van der Waals surface area contributed by atoms with Gasteiger partial charge in [-0.05, 0) is 40.0 Å². The summed E-state index contributed by atoms with van der Waals surface area (Å²) in [5.41, 5.74) is 2.83. The number of ether oxygens (including phenoxy) is 2. The zero-order valence-corrected chi connectivity index (χ0v) is 19.2. The average molecular weight is 498 g/mol. The van der Waals surface area contributed by atoms with Crippen molar-refractivity contribution in [3.63, 3.8) is 0 Å². The predicted molar refractivity (Wildman–Crippen MR) is 122 cm³/mol. The summed E-state index contributed by atoms with van der Waals surface area (Å²) in [6, 6.07) is 14.3. The smallest absolute Gasteiger partial charge is 0.231 e. The van der Waals surface area contributed by atoms with Crippen LogP contribution in [0.25, 0.3) is 11.2 Å². The number of imidazole rings is 1. The Morgan fingerprint density at radius 2 is 2.00 bits per heavy atom. The minimum absolute atomic E-state index is 0.183. The summed E-state index contributed by atoms with van der Waals surface area (Å²) in [6.45, 7) is 3.16. The fraction of sp³-hybridized carbons (Fsp3) is 0.227. The van der Waals surface area contributed by atoms with Gasteiger partial charge in [0.1, 0.15) is 5.52 Å². The van der Waals surface area contributed by atoms with Crippen LogP contribution in [0.15, 0.2) is 63.3 Å². The Labute approximate surface area is 191 Å². The first-order valence-corrected chi connectivity index (χ1v) is 11.5. The van der Waals surface area contributed by atoms with Crippen LogP contribution in [-0.4, -0.2) is 26.3 Å². The van der Waals surface area contributed by atoms with Crippen molar-refractivity contribution in [3.05, 3.63) is 64.3 Å². The minimum Gasteiger partial charge on any atom is -0.454 e. The van der Waals surface area contributed by atoms with Crippen LogP contribution in [0.1, 0.15) is 24.8 Å². The molecule has 1 atom stereocenters. The van der Waals surface area contributed by atoms with Gasteiger partial charge in [-0.15, -0.1) is 0 Å². The first kappa shape index (κ1) is 20.1. The van der Waals surface area contributed by atoms with Gasteiger partial charge in [0, 0.05) is 21.8 Å². The molecule has 2 N–H and O–H groups in total. The lowest BCUT2D eigenvalue weighted by molar-refractivity contribution is 0.174. The molecule has 4 aromatic rings. The van der Waals surface area contributed by atoms with Crippen molar-refractivity contribution in [2.45, 2.75) is 35.9 Å². The van der Waals surface area contributed by atoms with E-state index >= 15 is 0 Å². The van der Waals surface area contributed by atoms with Crippen molar-refractivity contribution in [1.82, 2.24) is 19.5 Å². The second kappa shape index (κ2) is 8.39. The maximum absolute atomic E-state index is 8.24. The quantitative estimate of drug-likeness (QED) is 0.387. The Morgan fingerprint density at radius 1 is 1.23 bits per heavy atom. The maximum Gasteiger partial charge on any atom is 0.231 e. The van der Waals surface area contributed by atoms with E-state index in [0.717, 1.165) is 33.7 Å². The van der Waals surface area contributed by atoms with Crippen LogP contribution >= 0.6 is 27.7 Å². The Morgan fingerprint density at radius 3 is 2.77 bits per heavy atom. The fourth-order valence-corrected chi connectivity index (χ4v) is 5.04. The van der Waals surface area contributed by atoms with E-state index in [1.165, 1.54) is 17.3 Å². The highest BCUT2D eigenvalue weighted by Crippen LogP contribution is 2.42. The molecule has 2 aromatic heterocycles. The highest BCUT2D eigenvalue weighted by Gasteiger charge is 2.19. The van der Waals surface area contributed by atoms with Crippen LogP contribution in [0.5, 0.6) is 11.5 Å². The number of halogens is 1. The van der Waals surface area contributed by atoms with Gasteiger partial charge < -0.3 is 19.0 Å². The van der Waals surface area contributed by atoms with E-state index in [-0.39, 0.29) is 12.3 Å². The number of nitrogens with one attached hydrogen (secondary N) is 2. The van der Waals surface area contributed by atoms with Gasteiger partial charge in [-0.2, -0.15) is 0 Å². The molecule has 0 spiro atoms. The molecule has 5 rings (SSSR count). The predicted octanol–water partition coefficient (Wildman–Crippen LogP) is 5.08. The van der Waals surface area contributed by atoms with Crippen molar-refractivity contribution in [2.75, 3.05) is 6.79 Å². The third-order valence-corrected chi connectivity index (χ3v) is 7.18. The van der Waals surface area contributed by atoms with Gasteiger partial charge in [-0.25, -0.2) is 9.97 Å². The molecule has 3 heterocycles. The molecule has 31 heavy (non-hydrogen) atoms. The van der Waals surface area contributed by atoms with E-state index in [2.05, 4.69) is 57.1 Å². The first-order valence-electron chi connectivity index (χ1n) is 9.94. The highest BCUT2D eigenvalue weighted by atomic mass is 79.9. The summed E-state index contributed by atoms with van der Waals surface area (Å²) < 4.78 is 13.9. The molecule has 0 amide bonds. The topological polar surface area (TPSA) is 88.8 Å². The molecule has 0 radical (unpaired) electrons. The van der Waals surface area contributed by atoms with E-state index in [1.54, 1.807) is 6.33 Å². The molecule has 7 nitrogen and oxygen atoms in total. The number of aromatic amines is 1. The van der Waals surface area contributed by atoms with E-state index in [0.29, 0.717) is 22.3 Å². The summed E-state index contributed by atoms with van der Waals surface area (Å²) in [6.07, 6.45) is 2.71. The van der Waals surface area contributed by atoms with Gasteiger partial charge in [-0.3, -0.25) is 5.41 Å². The fourth-order valence-electron chi connectivity index (χ4n) is 3.66. The zero-order valence-electron chi connectivity index (χ0n) is 16.8.